The Bertz CT molecular complexity index is 918. The number of benzene rings is 1. The highest BCUT2D eigenvalue weighted by atomic mass is 16.2. The Hall–Kier alpha value is -2.85. The number of carbonyl (C=O) groups is 1. The highest BCUT2D eigenvalue weighted by Gasteiger charge is 2.36. The van der Waals surface area contributed by atoms with Crippen molar-refractivity contribution < 1.29 is 4.79 Å². The molecule has 7 heteroatoms. The minimum Gasteiger partial charge on any atom is -0.353 e. The summed E-state index contributed by atoms with van der Waals surface area (Å²) in [5, 5.41) is 16.7. The molecule has 3 heterocycles. The lowest BCUT2D eigenvalue weighted by atomic mass is 10.0. The van der Waals surface area contributed by atoms with Gasteiger partial charge in [0.05, 0.1) is 17.7 Å². The van der Waals surface area contributed by atoms with Gasteiger partial charge < -0.3 is 9.80 Å². The van der Waals surface area contributed by atoms with Crippen LogP contribution in [0.4, 0.5) is 11.5 Å². The van der Waals surface area contributed by atoms with E-state index in [1.54, 1.807) is 12.1 Å². The maximum atomic E-state index is 13.2. The third-order valence-electron chi connectivity index (χ3n) is 6.40. The molecule has 5 rings (SSSR count). The van der Waals surface area contributed by atoms with E-state index in [2.05, 4.69) is 32.1 Å². The van der Waals surface area contributed by atoms with Crippen LogP contribution in [0.25, 0.3) is 0 Å². The first-order valence-electron chi connectivity index (χ1n) is 10.6. The molecule has 3 fully saturated rings. The molecule has 1 saturated carbocycles. The summed E-state index contributed by atoms with van der Waals surface area (Å²) in [5.74, 6) is 1.91. The molecule has 1 amide bonds. The molecule has 1 aromatic heterocycles. The molecule has 150 valence electrons. The van der Waals surface area contributed by atoms with Crippen LogP contribution in [-0.4, -0.2) is 59.8 Å². The van der Waals surface area contributed by atoms with Crippen LogP contribution in [0.15, 0.2) is 30.3 Å². The molecule has 0 spiro atoms. The number of nitriles is 1. The van der Waals surface area contributed by atoms with Gasteiger partial charge >= 0.3 is 0 Å². The van der Waals surface area contributed by atoms with Crippen molar-refractivity contribution in [3.63, 3.8) is 0 Å². The molecule has 0 bridgehead atoms. The Morgan fingerprint density at radius 3 is 2.48 bits per heavy atom. The minimum atomic E-state index is -0.0530. The molecule has 0 radical (unpaired) electrons. The molecule has 3 aliphatic rings. The Morgan fingerprint density at radius 2 is 1.79 bits per heavy atom. The zero-order valence-corrected chi connectivity index (χ0v) is 16.5. The predicted octanol–water partition coefficient (Wildman–Crippen LogP) is 2.48. The molecule has 7 nitrogen and oxygen atoms in total. The van der Waals surface area contributed by atoms with Crippen LogP contribution in [0, 0.1) is 11.3 Å². The summed E-state index contributed by atoms with van der Waals surface area (Å²) in [6.07, 6.45) is 4.46. The average molecular weight is 390 g/mol. The van der Waals surface area contributed by atoms with Crippen LogP contribution in [0.3, 0.4) is 0 Å². The molecule has 1 aromatic carbocycles. The summed E-state index contributed by atoms with van der Waals surface area (Å²) in [7, 11) is 0. The fourth-order valence-corrected chi connectivity index (χ4v) is 4.52. The van der Waals surface area contributed by atoms with Gasteiger partial charge in [0.1, 0.15) is 0 Å². The van der Waals surface area contributed by atoms with Crippen LogP contribution in [0.5, 0.6) is 0 Å². The molecule has 2 saturated heterocycles. The van der Waals surface area contributed by atoms with Crippen molar-refractivity contribution in [1.82, 2.24) is 15.1 Å². The average Bonchev–Trinajstić information content (AvgIpc) is 3.51. The number of carbonyl (C=O) groups excluding carboxylic acids is 1. The molecule has 1 unspecified atom stereocenters. The number of nitrogens with one attached hydrogen (secondary N) is 1. The number of H-pyrrole nitrogens is 1. The molecule has 29 heavy (non-hydrogen) atoms. The third-order valence-corrected chi connectivity index (χ3v) is 6.40. The van der Waals surface area contributed by atoms with Crippen molar-refractivity contribution in [3.05, 3.63) is 41.6 Å². The molecule has 2 aliphatic heterocycles. The maximum Gasteiger partial charge on any atom is 0.244 e. The number of aromatic amines is 1. The van der Waals surface area contributed by atoms with Gasteiger partial charge in [0, 0.05) is 56.1 Å². The first kappa shape index (κ1) is 18.2. The number of rotatable bonds is 4. The van der Waals surface area contributed by atoms with Crippen molar-refractivity contribution in [1.29, 1.82) is 5.26 Å². The van der Waals surface area contributed by atoms with E-state index in [-0.39, 0.29) is 11.9 Å². The first-order chi connectivity index (χ1) is 14.2. The Balaban J connectivity index is 1.22. The lowest BCUT2D eigenvalue weighted by Gasteiger charge is -2.42. The van der Waals surface area contributed by atoms with Crippen molar-refractivity contribution in [2.24, 2.45) is 0 Å². The van der Waals surface area contributed by atoms with Crippen molar-refractivity contribution in [3.8, 4) is 6.07 Å². The van der Waals surface area contributed by atoms with Gasteiger partial charge in [-0.1, -0.05) is 0 Å². The van der Waals surface area contributed by atoms with E-state index in [9.17, 15) is 4.79 Å². The predicted molar refractivity (Wildman–Crippen MR) is 111 cm³/mol. The number of nitrogens with zero attached hydrogens (tertiary/aromatic N) is 5. The number of piperazine rings is 1. The SMILES string of the molecule is N#Cc1ccc(N2CCCC(N3CCN(c4cc(C5CC5)[nH]n4)CC3)C2=O)cc1. The van der Waals surface area contributed by atoms with E-state index in [1.807, 2.05) is 17.0 Å². The molecule has 1 aliphatic carbocycles. The minimum absolute atomic E-state index is 0.0530. The lowest BCUT2D eigenvalue weighted by Crippen LogP contribution is -2.58. The Labute approximate surface area is 170 Å². The second-order valence-electron chi connectivity index (χ2n) is 8.29. The zero-order chi connectivity index (χ0) is 19.8. The van der Waals surface area contributed by atoms with Gasteiger partial charge in [-0.05, 0) is 49.9 Å². The van der Waals surface area contributed by atoms with Crippen LogP contribution < -0.4 is 9.80 Å². The number of amides is 1. The molecule has 1 N–H and O–H groups in total. The molecule has 1 atom stereocenters. The summed E-state index contributed by atoms with van der Waals surface area (Å²) in [6.45, 7) is 4.30. The van der Waals surface area contributed by atoms with Gasteiger partial charge in [-0.25, -0.2) is 0 Å². The van der Waals surface area contributed by atoms with Crippen LogP contribution in [0.1, 0.15) is 42.9 Å². The van der Waals surface area contributed by atoms with Crippen molar-refractivity contribution in [2.75, 3.05) is 42.5 Å². The second-order valence-corrected chi connectivity index (χ2v) is 8.29. The van der Waals surface area contributed by atoms with Gasteiger partial charge in [0.25, 0.3) is 0 Å². The summed E-state index contributed by atoms with van der Waals surface area (Å²) >= 11 is 0. The molecular weight excluding hydrogens is 364 g/mol. The topological polar surface area (TPSA) is 79.3 Å². The summed E-state index contributed by atoms with van der Waals surface area (Å²) < 4.78 is 0. The Kier molecular flexibility index (Phi) is 4.72. The fourth-order valence-electron chi connectivity index (χ4n) is 4.52. The number of hydrogen-bond donors (Lipinski definition) is 1. The van der Waals surface area contributed by atoms with E-state index in [4.69, 9.17) is 5.26 Å². The lowest BCUT2D eigenvalue weighted by molar-refractivity contribution is -0.125. The Morgan fingerprint density at radius 1 is 1.03 bits per heavy atom. The van der Waals surface area contributed by atoms with Gasteiger partial charge in [-0.3, -0.25) is 14.8 Å². The quantitative estimate of drug-likeness (QED) is 0.868. The van der Waals surface area contributed by atoms with E-state index >= 15 is 0 Å². The van der Waals surface area contributed by atoms with Crippen LogP contribution in [0.2, 0.25) is 0 Å². The standard InChI is InChI=1S/C22H26N6O/c23-15-16-3-7-18(8-4-16)28-9-1-2-20(22(28)29)26-10-12-27(13-11-26)21-14-19(24-25-21)17-5-6-17/h3-4,7-8,14,17,20H,1-2,5-6,9-13H2,(H,24,25). The van der Waals surface area contributed by atoms with Gasteiger partial charge in [-0.2, -0.15) is 10.4 Å². The summed E-state index contributed by atoms with van der Waals surface area (Å²) in [5.41, 5.74) is 2.78. The molecule has 2 aromatic rings. The number of piperidine rings is 1. The maximum absolute atomic E-state index is 13.2. The van der Waals surface area contributed by atoms with E-state index in [0.29, 0.717) is 11.5 Å². The van der Waals surface area contributed by atoms with E-state index in [0.717, 1.165) is 57.1 Å². The first-order valence-corrected chi connectivity index (χ1v) is 10.6. The summed E-state index contributed by atoms with van der Waals surface area (Å²) in [4.78, 5) is 19.8. The fraction of sp³-hybridized carbons (Fsp3) is 0.500. The van der Waals surface area contributed by atoms with E-state index < -0.39 is 0 Å². The second kappa shape index (κ2) is 7.53. The normalized spacial score (nSPS) is 23.3. The van der Waals surface area contributed by atoms with E-state index in [1.165, 1.54) is 18.5 Å². The smallest absolute Gasteiger partial charge is 0.244 e. The highest BCUT2D eigenvalue weighted by molar-refractivity contribution is 5.98. The van der Waals surface area contributed by atoms with Gasteiger partial charge in [0.15, 0.2) is 5.82 Å². The van der Waals surface area contributed by atoms with Crippen LogP contribution >= 0.6 is 0 Å². The largest absolute Gasteiger partial charge is 0.353 e. The number of anilines is 2. The van der Waals surface area contributed by atoms with Gasteiger partial charge in [-0.15, -0.1) is 0 Å². The summed E-state index contributed by atoms with van der Waals surface area (Å²) in [6, 6.07) is 11.6. The van der Waals surface area contributed by atoms with Crippen molar-refractivity contribution >= 4 is 17.4 Å². The van der Waals surface area contributed by atoms with Gasteiger partial charge in [0.2, 0.25) is 5.91 Å². The third kappa shape index (κ3) is 3.60. The zero-order valence-electron chi connectivity index (χ0n) is 16.5. The number of hydrogen-bond acceptors (Lipinski definition) is 5. The van der Waals surface area contributed by atoms with Crippen molar-refractivity contribution in [2.45, 2.75) is 37.6 Å². The number of aromatic nitrogens is 2. The van der Waals surface area contributed by atoms with Crippen LogP contribution in [-0.2, 0) is 4.79 Å². The molecular formula is C22H26N6O. The highest BCUT2D eigenvalue weighted by Crippen LogP contribution is 2.40. The monoisotopic (exact) mass is 390 g/mol.